The van der Waals surface area contributed by atoms with Crippen molar-refractivity contribution in [2.24, 2.45) is 11.8 Å². The van der Waals surface area contributed by atoms with Crippen molar-refractivity contribution in [1.82, 2.24) is 15.1 Å². The first-order valence-electron chi connectivity index (χ1n) is 13.3. The van der Waals surface area contributed by atoms with Crippen LogP contribution < -0.4 is 5.32 Å². The number of nitrogens with one attached hydrogen (secondary N) is 1. The molecule has 2 aliphatic rings. The van der Waals surface area contributed by atoms with Crippen molar-refractivity contribution in [1.29, 1.82) is 0 Å². The van der Waals surface area contributed by atoms with Crippen LogP contribution in [0.2, 0.25) is 0 Å². The number of piperidine rings is 1. The number of carboxylic acids is 1. The Kier molecular flexibility index (Phi) is 11.1. The molecule has 1 heterocycles. The number of likely N-dealkylation sites (tertiary alicyclic amines) is 1. The van der Waals surface area contributed by atoms with Crippen molar-refractivity contribution < 1.29 is 19.5 Å². The molecule has 1 aliphatic heterocycles. The molecule has 2 rings (SSSR count). The Morgan fingerprint density at radius 1 is 1.06 bits per heavy atom. The molecule has 1 saturated carbocycles. The summed E-state index contributed by atoms with van der Waals surface area (Å²) in [5, 5.41) is 12.6. The molecule has 34 heavy (non-hydrogen) atoms. The van der Waals surface area contributed by atoms with E-state index < -0.39 is 12.0 Å². The Labute approximate surface area is 206 Å². The normalized spacial score (nSPS) is 23.3. The minimum Gasteiger partial charge on any atom is -0.478 e. The fourth-order valence-electron chi connectivity index (χ4n) is 5.54. The molecular weight excluding hydrogens is 430 g/mol. The van der Waals surface area contributed by atoms with Gasteiger partial charge in [-0.3, -0.25) is 14.5 Å². The lowest BCUT2D eigenvalue weighted by Gasteiger charge is -2.41. The number of aliphatic carboxylic acids is 1. The quantitative estimate of drug-likeness (QED) is 0.460. The zero-order valence-corrected chi connectivity index (χ0v) is 22.2. The summed E-state index contributed by atoms with van der Waals surface area (Å²) in [5.74, 6) is -0.961. The zero-order chi connectivity index (χ0) is 25.4. The number of hydrogen-bond donors (Lipinski definition) is 2. The summed E-state index contributed by atoms with van der Waals surface area (Å²) >= 11 is 0. The Morgan fingerprint density at radius 2 is 1.68 bits per heavy atom. The van der Waals surface area contributed by atoms with Gasteiger partial charge < -0.3 is 15.3 Å². The second-order valence-electron chi connectivity index (χ2n) is 10.7. The van der Waals surface area contributed by atoms with E-state index >= 15 is 0 Å². The van der Waals surface area contributed by atoms with Crippen LogP contribution in [0.4, 0.5) is 0 Å². The van der Waals surface area contributed by atoms with Crippen LogP contribution in [0.15, 0.2) is 11.6 Å². The molecule has 1 saturated heterocycles. The van der Waals surface area contributed by atoms with E-state index in [1.165, 1.54) is 6.42 Å². The number of amides is 2. The molecular formula is C27H47N3O4. The van der Waals surface area contributed by atoms with Gasteiger partial charge in [0.15, 0.2) is 0 Å². The van der Waals surface area contributed by atoms with E-state index in [1.54, 1.807) is 24.9 Å². The third-order valence-electron chi connectivity index (χ3n) is 7.92. The third-order valence-corrected chi connectivity index (χ3v) is 7.92. The van der Waals surface area contributed by atoms with Gasteiger partial charge >= 0.3 is 5.97 Å². The molecule has 4 unspecified atom stereocenters. The van der Waals surface area contributed by atoms with Crippen molar-refractivity contribution in [2.75, 3.05) is 13.6 Å². The van der Waals surface area contributed by atoms with Crippen LogP contribution in [-0.4, -0.2) is 70.4 Å². The van der Waals surface area contributed by atoms with Gasteiger partial charge in [-0.1, -0.05) is 52.5 Å². The maximum atomic E-state index is 13.9. The van der Waals surface area contributed by atoms with Gasteiger partial charge in [-0.15, -0.1) is 0 Å². The highest BCUT2D eigenvalue weighted by Crippen LogP contribution is 2.29. The molecule has 0 radical (unpaired) electrons. The first-order chi connectivity index (χ1) is 16.1. The lowest BCUT2D eigenvalue weighted by Crippen LogP contribution is -2.59. The van der Waals surface area contributed by atoms with Gasteiger partial charge in [-0.2, -0.15) is 0 Å². The summed E-state index contributed by atoms with van der Waals surface area (Å²) in [7, 11) is 1.74. The van der Waals surface area contributed by atoms with Crippen molar-refractivity contribution in [3.05, 3.63) is 11.6 Å². The number of carbonyl (C=O) groups is 3. The largest absolute Gasteiger partial charge is 0.478 e. The number of nitrogens with zero attached hydrogens (tertiary/aromatic N) is 2. The fraction of sp³-hybridized carbons (Fsp3) is 0.815. The Morgan fingerprint density at radius 3 is 2.24 bits per heavy atom. The van der Waals surface area contributed by atoms with Crippen molar-refractivity contribution in [3.63, 3.8) is 0 Å². The maximum absolute atomic E-state index is 13.9. The summed E-state index contributed by atoms with van der Waals surface area (Å²) in [6.45, 7) is 10.8. The van der Waals surface area contributed by atoms with Gasteiger partial charge in [0.05, 0.1) is 12.1 Å². The molecule has 2 N–H and O–H groups in total. The number of carboxylic acid groups (broad SMARTS) is 1. The summed E-state index contributed by atoms with van der Waals surface area (Å²) in [6.07, 6.45) is 10.8. The van der Waals surface area contributed by atoms with Gasteiger partial charge in [0, 0.05) is 18.7 Å². The minimum absolute atomic E-state index is 0.0318. The van der Waals surface area contributed by atoms with Crippen LogP contribution >= 0.6 is 0 Å². The van der Waals surface area contributed by atoms with Gasteiger partial charge in [0.1, 0.15) is 6.04 Å². The first kappa shape index (κ1) is 28.3. The second-order valence-corrected chi connectivity index (χ2v) is 10.7. The van der Waals surface area contributed by atoms with Gasteiger partial charge in [0.25, 0.3) is 0 Å². The SMILES string of the molecule is CCC(C)N1CCCCC1C(=O)NC(C(=O)N(C)C(/C=C(\C)C(=O)O)C(C)C)C1CCCCC1. The lowest BCUT2D eigenvalue weighted by molar-refractivity contribution is -0.141. The van der Waals surface area contributed by atoms with E-state index in [0.29, 0.717) is 6.04 Å². The average molecular weight is 478 g/mol. The standard InChI is InChI=1S/C27H47N3O4/c1-7-20(5)30-16-12-11-15-22(30)25(31)28-24(21-13-9-8-10-14-21)26(32)29(6)23(18(2)3)17-19(4)27(33)34/h17-18,20-24H,7-16H2,1-6H3,(H,28,31)(H,33,34)/b19-17+. The molecule has 0 aromatic carbocycles. The Bertz CT molecular complexity index is 729. The first-order valence-corrected chi connectivity index (χ1v) is 13.3. The number of likely N-dealkylation sites (N-methyl/N-ethyl adjacent to an activating group) is 1. The molecule has 0 bridgehead atoms. The maximum Gasteiger partial charge on any atom is 0.331 e. The molecule has 194 valence electrons. The van der Waals surface area contributed by atoms with Crippen molar-refractivity contribution >= 4 is 17.8 Å². The molecule has 2 fully saturated rings. The second kappa shape index (κ2) is 13.3. The molecule has 2 amide bonds. The molecule has 0 aromatic rings. The van der Waals surface area contributed by atoms with E-state index in [2.05, 4.69) is 24.1 Å². The third kappa shape index (κ3) is 7.30. The molecule has 1 aliphatic carbocycles. The van der Waals surface area contributed by atoms with Crippen LogP contribution in [0, 0.1) is 11.8 Å². The summed E-state index contributed by atoms with van der Waals surface area (Å²) < 4.78 is 0. The molecule has 0 aromatic heterocycles. The molecule has 7 heteroatoms. The van der Waals surface area contributed by atoms with Gasteiger partial charge in [0.2, 0.25) is 11.8 Å². The van der Waals surface area contributed by atoms with E-state index in [9.17, 15) is 19.5 Å². The van der Waals surface area contributed by atoms with E-state index in [4.69, 9.17) is 0 Å². The van der Waals surface area contributed by atoms with Crippen molar-refractivity contribution in [3.8, 4) is 0 Å². The highest BCUT2D eigenvalue weighted by molar-refractivity contribution is 5.90. The van der Waals surface area contributed by atoms with E-state index in [0.717, 1.165) is 57.9 Å². The topological polar surface area (TPSA) is 90.0 Å². The number of rotatable bonds is 10. The Balaban J connectivity index is 2.29. The van der Waals surface area contributed by atoms with Crippen LogP contribution in [0.1, 0.15) is 92.4 Å². The average Bonchev–Trinajstić information content (AvgIpc) is 2.84. The monoisotopic (exact) mass is 477 g/mol. The van der Waals surface area contributed by atoms with Crippen LogP contribution in [0.5, 0.6) is 0 Å². The summed E-state index contributed by atoms with van der Waals surface area (Å²) in [4.78, 5) is 42.8. The molecule has 4 atom stereocenters. The predicted molar refractivity (Wildman–Crippen MR) is 135 cm³/mol. The predicted octanol–water partition coefficient (Wildman–Crippen LogP) is 4.22. The van der Waals surface area contributed by atoms with E-state index in [-0.39, 0.29) is 41.3 Å². The van der Waals surface area contributed by atoms with Crippen molar-refractivity contribution in [2.45, 2.75) is 117 Å². The van der Waals surface area contributed by atoms with E-state index in [1.807, 2.05) is 13.8 Å². The number of hydrogen-bond acceptors (Lipinski definition) is 4. The molecule has 0 spiro atoms. The molecule has 7 nitrogen and oxygen atoms in total. The van der Waals surface area contributed by atoms with Gasteiger partial charge in [-0.25, -0.2) is 4.79 Å². The lowest BCUT2D eigenvalue weighted by atomic mass is 9.82. The smallest absolute Gasteiger partial charge is 0.331 e. The van der Waals surface area contributed by atoms with Gasteiger partial charge in [-0.05, 0) is 64.3 Å². The summed E-state index contributed by atoms with van der Waals surface area (Å²) in [5.41, 5.74) is 0.225. The highest BCUT2D eigenvalue weighted by atomic mass is 16.4. The van der Waals surface area contributed by atoms with Crippen LogP contribution in [-0.2, 0) is 14.4 Å². The number of carbonyl (C=O) groups excluding carboxylic acids is 2. The van der Waals surface area contributed by atoms with Crippen LogP contribution in [0.25, 0.3) is 0 Å². The fourth-order valence-corrected chi connectivity index (χ4v) is 5.54. The van der Waals surface area contributed by atoms with Crippen LogP contribution in [0.3, 0.4) is 0 Å². The zero-order valence-electron chi connectivity index (χ0n) is 22.2. The Hall–Kier alpha value is -1.89. The summed E-state index contributed by atoms with van der Waals surface area (Å²) in [6, 6.07) is -0.781. The highest BCUT2D eigenvalue weighted by Gasteiger charge is 2.38. The minimum atomic E-state index is -0.980.